The zero-order valence-electron chi connectivity index (χ0n) is 19.2. The summed E-state index contributed by atoms with van der Waals surface area (Å²) in [6, 6.07) is 27.4. The molecule has 10 heteroatoms. The second-order valence-corrected chi connectivity index (χ2v) is 10.3. The van der Waals surface area contributed by atoms with E-state index in [0.29, 0.717) is 28.1 Å². The maximum Gasteiger partial charge on any atom is 0.343 e. The lowest BCUT2D eigenvalue weighted by atomic mass is 10.2. The van der Waals surface area contributed by atoms with Gasteiger partial charge in [-0.25, -0.2) is 18.6 Å². The molecule has 0 aromatic heterocycles. The van der Waals surface area contributed by atoms with Crippen LogP contribution in [0.2, 0.25) is 0 Å². The highest BCUT2D eigenvalue weighted by Gasteiger charge is 2.14. The molecule has 0 aliphatic heterocycles. The third kappa shape index (κ3) is 7.12. The van der Waals surface area contributed by atoms with Gasteiger partial charge in [-0.05, 0) is 90.5 Å². The SMILES string of the molecule is O=C(N/N=C/c1ccc(OC(=O)c2ccc(Br)cc2)cc1)c1ccc(NS(=O)(=O)c2ccccc2)cc1. The number of rotatable bonds is 8. The van der Waals surface area contributed by atoms with E-state index < -0.39 is 21.9 Å². The third-order valence-electron chi connectivity index (χ3n) is 5.00. The fourth-order valence-electron chi connectivity index (χ4n) is 3.11. The molecule has 1 amide bonds. The lowest BCUT2D eigenvalue weighted by Gasteiger charge is -2.08. The van der Waals surface area contributed by atoms with Crippen molar-refractivity contribution in [1.82, 2.24) is 5.43 Å². The van der Waals surface area contributed by atoms with Gasteiger partial charge in [0.25, 0.3) is 15.9 Å². The van der Waals surface area contributed by atoms with Crippen LogP contribution in [0.1, 0.15) is 26.3 Å². The number of hydrogen-bond donors (Lipinski definition) is 2. The first-order valence-electron chi connectivity index (χ1n) is 10.9. The molecule has 0 radical (unpaired) electrons. The van der Waals surface area contributed by atoms with Crippen molar-refractivity contribution in [1.29, 1.82) is 0 Å². The van der Waals surface area contributed by atoms with E-state index >= 15 is 0 Å². The van der Waals surface area contributed by atoms with Gasteiger partial charge in [0.15, 0.2) is 0 Å². The molecule has 37 heavy (non-hydrogen) atoms. The monoisotopic (exact) mass is 577 g/mol. The van der Waals surface area contributed by atoms with Crippen molar-refractivity contribution in [2.75, 3.05) is 4.72 Å². The van der Waals surface area contributed by atoms with Crippen LogP contribution in [0, 0.1) is 0 Å². The summed E-state index contributed by atoms with van der Waals surface area (Å²) in [5.74, 6) is -0.564. The van der Waals surface area contributed by atoms with Gasteiger partial charge in [0.1, 0.15) is 5.75 Å². The summed E-state index contributed by atoms with van der Waals surface area (Å²) in [5.41, 5.74) is 4.15. The van der Waals surface area contributed by atoms with E-state index in [4.69, 9.17) is 4.74 Å². The summed E-state index contributed by atoms with van der Waals surface area (Å²) in [5, 5.41) is 3.94. The van der Waals surface area contributed by atoms with Crippen LogP contribution in [-0.2, 0) is 10.0 Å². The average molecular weight is 578 g/mol. The van der Waals surface area contributed by atoms with Crippen LogP contribution in [-0.4, -0.2) is 26.5 Å². The minimum atomic E-state index is -3.72. The summed E-state index contributed by atoms with van der Waals surface area (Å²) in [6.07, 6.45) is 1.45. The van der Waals surface area contributed by atoms with E-state index in [0.717, 1.165) is 4.47 Å². The van der Waals surface area contributed by atoms with Crippen molar-refractivity contribution in [3.05, 3.63) is 124 Å². The van der Waals surface area contributed by atoms with E-state index in [9.17, 15) is 18.0 Å². The Morgan fingerprint density at radius 2 is 1.41 bits per heavy atom. The number of sulfonamides is 1. The van der Waals surface area contributed by atoms with E-state index in [1.165, 1.54) is 42.6 Å². The van der Waals surface area contributed by atoms with Gasteiger partial charge in [-0.3, -0.25) is 9.52 Å². The van der Waals surface area contributed by atoms with E-state index in [-0.39, 0.29) is 4.90 Å². The predicted octanol–water partition coefficient (Wildman–Crippen LogP) is 5.23. The lowest BCUT2D eigenvalue weighted by molar-refractivity contribution is 0.0734. The summed E-state index contributed by atoms with van der Waals surface area (Å²) in [4.78, 5) is 24.7. The van der Waals surface area contributed by atoms with E-state index in [2.05, 4.69) is 31.2 Å². The van der Waals surface area contributed by atoms with Crippen molar-refractivity contribution in [2.45, 2.75) is 4.90 Å². The van der Waals surface area contributed by atoms with Crippen molar-refractivity contribution in [2.24, 2.45) is 5.10 Å². The molecule has 0 saturated carbocycles. The Morgan fingerprint density at radius 3 is 2.05 bits per heavy atom. The van der Waals surface area contributed by atoms with Gasteiger partial charge in [0.2, 0.25) is 0 Å². The van der Waals surface area contributed by atoms with E-state index in [1.54, 1.807) is 66.7 Å². The van der Waals surface area contributed by atoms with Gasteiger partial charge >= 0.3 is 5.97 Å². The molecule has 4 aromatic rings. The summed E-state index contributed by atoms with van der Waals surface area (Å²) in [6.45, 7) is 0. The molecular weight excluding hydrogens is 558 g/mol. The normalized spacial score (nSPS) is 11.2. The predicted molar refractivity (Wildman–Crippen MR) is 144 cm³/mol. The van der Waals surface area contributed by atoms with Crippen molar-refractivity contribution in [3.8, 4) is 5.75 Å². The van der Waals surface area contributed by atoms with E-state index in [1.807, 2.05) is 0 Å². The number of hydrogen-bond acceptors (Lipinski definition) is 6. The minimum Gasteiger partial charge on any atom is -0.423 e. The maximum absolute atomic E-state index is 12.4. The average Bonchev–Trinajstić information content (AvgIpc) is 2.90. The van der Waals surface area contributed by atoms with Crippen molar-refractivity contribution in [3.63, 3.8) is 0 Å². The largest absolute Gasteiger partial charge is 0.423 e. The van der Waals surface area contributed by atoms with Gasteiger partial charge in [-0.1, -0.05) is 34.1 Å². The minimum absolute atomic E-state index is 0.141. The van der Waals surface area contributed by atoms with Crippen molar-refractivity contribution >= 4 is 49.7 Å². The van der Waals surface area contributed by atoms with Gasteiger partial charge in [0.05, 0.1) is 16.7 Å². The highest BCUT2D eigenvalue weighted by atomic mass is 79.9. The molecule has 186 valence electrons. The van der Waals surface area contributed by atoms with Gasteiger partial charge in [0, 0.05) is 15.7 Å². The molecule has 0 spiro atoms. The standard InChI is InChI=1S/C27H20BrN3O5S/c28-22-12-8-21(9-13-22)27(33)36-24-16-6-19(7-17-24)18-29-30-26(32)20-10-14-23(15-11-20)31-37(34,35)25-4-2-1-3-5-25/h1-18,31H,(H,30,32)/b29-18+. The number of anilines is 1. The molecule has 0 fully saturated rings. The molecule has 0 heterocycles. The number of ether oxygens (including phenoxy) is 1. The molecule has 0 atom stereocenters. The Labute approximate surface area is 222 Å². The summed E-state index contributed by atoms with van der Waals surface area (Å²) < 4.78 is 33.5. The number of amides is 1. The van der Waals surface area contributed by atoms with Crippen LogP contribution in [0.5, 0.6) is 5.75 Å². The molecule has 8 nitrogen and oxygen atoms in total. The maximum atomic E-state index is 12.4. The summed E-state index contributed by atoms with van der Waals surface area (Å²) >= 11 is 3.32. The molecule has 0 unspecified atom stereocenters. The third-order valence-corrected chi connectivity index (χ3v) is 6.93. The number of benzene rings is 4. The fraction of sp³-hybridized carbons (Fsp3) is 0. The van der Waals surface area contributed by atoms with Gasteiger partial charge < -0.3 is 4.74 Å². The highest BCUT2D eigenvalue weighted by Crippen LogP contribution is 2.17. The van der Waals surface area contributed by atoms with Crippen LogP contribution >= 0.6 is 15.9 Å². The number of carbonyl (C=O) groups excluding carboxylic acids is 2. The van der Waals surface area contributed by atoms with Crippen LogP contribution in [0.25, 0.3) is 0 Å². The highest BCUT2D eigenvalue weighted by molar-refractivity contribution is 9.10. The molecule has 2 N–H and O–H groups in total. The quantitative estimate of drug-likeness (QED) is 0.129. The van der Waals surface area contributed by atoms with Crippen LogP contribution < -0.4 is 14.9 Å². The first-order chi connectivity index (χ1) is 17.8. The van der Waals surface area contributed by atoms with Gasteiger partial charge in [-0.15, -0.1) is 0 Å². The Kier molecular flexibility index (Phi) is 8.11. The smallest absolute Gasteiger partial charge is 0.343 e. The number of carbonyl (C=O) groups is 2. The Balaban J connectivity index is 1.30. The van der Waals surface area contributed by atoms with Crippen LogP contribution in [0.3, 0.4) is 0 Å². The zero-order chi connectivity index (χ0) is 26.3. The molecule has 0 saturated heterocycles. The zero-order valence-corrected chi connectivity index (χ0v) is 21.6. The van der Waals surface area contributed by atoms with Crippen LogP contribution in [0.4, 0.5) is 5.69 Å². The summed E-state index contributed by atoms with van der Waals surface area (Å²) in [7, 11) is -3.72. The number of esters is 1. The second-order valence-electron chi connectivity index (χ2n) is 7.66. The number of nitrogens with zero attached hydrogens (tertiary/aromatic N) is 1. The van der Waals surface area contributed by atoms with Crippen LogP contribution in [0.15, 0.2) is 118 Å². The topological polar surface area (TPSA) is 114 Å². The van der Waals surface area contributed by atoms with Gasteiger partial charge in [-0.2, -0.15) is 5.10 Å². The molecule has 0 bridgehead atoms. The first-order valence-corrected chi connectivity index (χ1v) is 13.2. The molecular formula is C27H20BrN3O5S. The Bertz CT molecular complexity index is 1520. The Hall–Kier alpha value is -4.28. The number of nitrogens with one attached hydrogen (secondary N) is 2. The van der Waals surface area contributed by atoms with Crippen molar-refractivity contribution < 1.29 is 22.7 Å². The Morgan fingerprint density at radius 1 is 0.784 bits per heavy atom. The fourth-order valence-corrected chi connectivity index (χ4v) is 4.45. The second kappa shape index (κ2) is 11.6. The lowest BCUT2D eigenvalue weighted by Crippen LogP contribution is -2.18. The molecule has 0 aliphatic rings. The number of halogens is 1. The first kappa shape index (κ1) is 25.8. The molecule has 4 aromatic carbocycles. The molecule has 0 aliphatic carbocycles. The molecule has 4 rings (SSSR count). The number of hydrazone groups is 1.